The van der Waals surface area contributed by atoms with Crippen LogP contribution >= 0.6 is 11.6 Å². The van der Waals surface area contributed by atoms with Gasteiger partial charge in [-0.1, -0.05) is 36.7 Å². The average Bonchev–Trinajstić information content (AvgIpc) is 2.93. The molecule has 1 aromatic carbocycles. The van der Waals surface area contributed by atoms with Crippen LogP contribution in [0, 0.1) is 0 Å². The first-order chi connectivity index (χ1) is 10.3. The Hall–Kier alpha value is -1.38. The van der Waals surface area contributed by atoms with Gasteiger partial charge in [-0.25, -0.2) is 0 Å². The van der Waals surface area contributed by atoms with Crippen LogP contribution in [0.2, 0.25) is 5.02 Å². The second kappa shape index (κ2) is 6.59. The second-order valence-corrected chi connectivity index (χ2v) is 6.11. The van der Waals surface area contributed by atoms with E-state index >= 15 is 0 Å². The summed E-state index contributed by atoms with van der Waals surface area (Å²) in [5.74, 6) is 0.453. The lowest BCUT2D eigenvalue weighted by atomic mass is 9.90. The molecule has 2 atom stereocenters. The Bertz CT molecular complexity index is 594. The molecule has 3 heteroatoms. The van der Waals surface area contributed by atoms with Crippen molar-refractivity contribution in [1.82, 2.24) is 10.3 Å². The number of rotatable bonds is 5. The van der Waals surface area contributed by atoms with E-state index in [1.54, 1.807) is 0 Å². The maximum absolute atomic E-state index is 6.03. The molecule has 0 aliphatic heterocycles. The lowest BCUT2D eigenvalue weighted by molar-refractivity contribution is 0.437. The first kappa shape index (κ1) is 14.6. The van der Waals surface area contributed by atoms with Crippen molar-refractivity contribution in [3.63, 3.8) is 0 Å². The quantitative estimate of drug-likeness (QED) is 0.879. The van der Waals surface area contributed by atoms with Gasteiger partial charge in [-0.15, -0.1) is 0 Å². The van der Waals surface area contributed by atoms with Crippen molar-refractivity contribution in [2.75, 3.05) is 6.54 Å². The van der Waals surface area contributed by atoms with Gasteiger partial charge in [0.05, 0.1) is 0 Å². The molecule has 0 saturated heterocycles. The number of pyridine rings is 1. The third-order valence-electron chi connectivity index (χ3n) is 4.25. The van der Waals surface area contributed by atoms with E-state index in [4.69, 9.17) is 11.6 Å². The van der Waals surface area contributed by atoms with Gasteiger partial charge in [0.1, 0.15) is 0 Å². The molecule has 0 fully saturated rings. The van der Waals surface area contributed by atoms with Crippen molar-refractivity contribution in [3.8, 4) is 0 Å². The number of nitrogens with one attached hydrogen (secondary N) is 1. The number of benzene rings is 1. The summed E-state index contributed by atoms with van der Waals surface area (Å²) >= 11 is 6.03. The standard InChI is InChI=1S/C18H21ClN2/c1-2-11-20-18(14-5-8-15(19)9-6-14)16-10-7-13-4-3-12-21-17(13)16/h3-6,8-9,12,16,18,20H,2,7,10-11H2,1H3. The minimum absolute atomic E-state index is 0.318. The molecule has 2 nitrogen and oxygen atoms in total. The van der Waals surface area contributed by atoms with Gasteiger partial charge in [-0.3, -0.25) is 4.98 Å². The molecule has 21 heavy (non-hydrogen) atoms. The highest BCUT2D eigenvalue weighted by atomic mass is 35.5. The van der Waals surface area contributed by atoms with Crippen molar-refractivity contribution in [2.24, 2.45) is 0 Å². The Morgan fingerprint density at radius 2 is 2.10 bits per heavy atom. The predicted molar refractivity (Wildman–Crippen MR) is 87.8 cm³/mol. The van der Waals surface area contributed by atoms with Crippen molar-refractivity contribution < 1.29 is 0 Å². The van der Waals surface area contributed by atoms with Crippen molar-refractivity contribution in [3.05, 3.63) is 64.4 Å². The molecule has 1 aliphatic rings. The molecular formula is C18H21ClN2. The first-order valence-electron chi connectivity index (χ1n) is 7.72. The molecule has 0 bridgehead atoms. The SMILES string of the molecule is CCCNC(c1ccc(Cl)cc1)C1CCc2cccnc21. The van der Waals surface area contributed by atoms with Gasteiger partial charge in [-0.05, 0) is 55.1 Å². The number of nitrogens with zero attached hydrogens (tertiary/aromatic N) is 1. The van der Waals surface area contributed by atoms with Gasteiger partial charge in [0.2, 0.25) is 0 Å². The van der Waals surface area contributed by atoms with E-state index in [0.717, 1.165) is 30.8 Å². The summed E-state index contributed by atoms with van der Waals surface area (Å²) in [4.78, 5) is 4.65. The smallest absolute Gasteiger partial charge is 0.0485 e. The highest BCUT2D eigenvalue weighted by molar-refractivity contribution is 6.30. The van der Waals surface area contributed by atoms with Gasteiger partial charge >= 0.3 is 0 Å². The minimum Gasteiger partial charge on any atom is -0.309 e. The lowest BCUT2D eigenvalue weighted by Gasteiger charge is -2.25. The predicted octanol–water partition coefficient (Wildman–Crippen LogP) is 4.51. The van der Waals surface area contributed by atoms with E-state index in [1.165, 1.54) is 16.8 Å². The summed E-state index contributed by atoms with van der Waals surface area (Å²) in [5.41, 5.74) is 3.97. The van der Waals surface area contributed by atoms with E-state index in [0.29, 0.717) is 12.0 Å². The Balaban J connectivity index is 1.91. The zero-order valence-electron chi connectivity index (χ0n) is 12.3. The second-order valence-electron chi connectivity index (χ2n) is 5.68. The Kier molecular flexibility index (Phi) is 4.57. The minimum atomic E-state index is 0.318. The summed E-state index contributed by atoms with van der Waals surface area (Å²) in [7, 11) is 0. The maximum Gasteiger partial charge on any atom is 0.0485 e. The van der Waals surface area contributed by atoms with Crippen LogP contribution in [-0.2, 0) is 6.42 Å². The van der Waals surface area contributed by atoms with Crippen LogP contribution in [0.3, 0.4) is 0 Å². The molecule has 1 heterocycles. The Labute approximate surface area is 131 Å². The number of hydrogen-bond acceptors (Lipinski definition) is 2. The van der Waals surface area contributed by atoms with E-state index in [-0.39, 0.29) is 0 Å². The van der Waals surface area contributed by atoms with Gasteiger partial charge in [0.25, 0.3) is 0 Å². The Morgan fingerprint density at radius 1 is 1.29 bits per heavy atom. The summed E-state index contributed by atoms with van der Waals surface area (Å²) in [5, 5.41) is 4.49. The molecule has 0 amide bonds. The highest BCUT2D eigenvalue weighted by Crippen LogP contribution is 2.40. The van der Waals surface area contributed by atoms with E-state index < -0.39 is 0 Å². The largest absolute Gasteiger partial charge is 0.309 e. The molecule has 0 saturated carbocycles. The normalized spacial score (nSPS) is 18.5. The monoisotopic (exact) mass is 300 g/mol. The fraction of sp³-hybridized carbons (Fsp3) is 0.389. The number of aromatic nitrogens is 1. The maximum atomic E-state index is 6.03. The summed E-state index contributed by atoms with van der Waals surface area (Å²) < 4.78 is 0. The molecule has 3 rings (SSSR count). The summed E-state index contributed by atoms with van der Waals surface area (Å²) in [6.07, 6.45) is 5.34. The summed E-state index contributed by atoms with van der Waals surface area (Å²) in [6, 6.07) is 12.8. The van der Waals surface area contributed by atoms with Crippen molar-refractivity contribution in [2.45, 2.75) is 38.1 Å². The Morgan fingerprint density at radius 3 is 2.86 bits per heavy atom. The van der Waals surface area contributed by atoms with E-state index in [2.05, 4.69) is 35.4 Å². The van der Waals surface area contributed by atoms with Gasteiger partial charge in [0, 0.05) is 28.9 Å². The zero-order chi connectivity index (χ0) is 14.7. The van der Waals surface area contributed by atoms with Crippen LogP contribution in [0.15, 0.2) is 42.6 Å². The number of hydrogen-bond donors (Lipinski definition) is 1. The van der Waals surface area contributed by atoms with Crippen molar-refractivity contribution in [1.29, 1.82) is 0 Å². The van der Waals surface area contributed by atoms with Gasteiger partial charge in [0.15, 0.2) is 0 Å². The number of aryl methyl sites for hydroxylation is 1. The van der Waals surface area contributed by atoms with Gasteiger partial charge in [-0.2, -0.15) is 0 Å². The highest BCUT2D eigenvalue weighted by Gasteiger charge is 2.31. The molecular weight excluding hydrogens is 280 g/mol. The molecule has 0 radical (unpaired) electrons. The first-order valence-corrected chi connectivity index (χ1v) is 8.10. The zero-order valence-corrected chi connectivity index (χ0v) is 13.1. The molecule has 1 aromatic heterocycles. The third-order valence-corrected chi connectivity index (χ3v) is 4.50. The number of halogens is 1. The summed E-state index contributed by atoms with van der Waals surface area (Å²) in [6.45, 7) is 3.22. The molecule has 2 unspecified atom stereocenters. The van der Waals surface area contributed by atoms with Gasteiger partial charge < -0.3 is 5.32 Å². The average molecular weight is 301 g/mol. The van der Waals surface area contributed by atoms with Crippen LogP contribution in [0.25, 0.3) is 0 Å². The fourth-order valence-corrected chi connectivity index (χ4v) is 3.36. The van der Waals surface area contributed by atoms with Crippen LogP contribution in [-0.4, -0.2) is 11.5 Å². The molecule has 0 spiro atoms. The molecule has 1 aliphatic carbocycles. The van der Waals surface area contributed by atoms with Crippen molar-refractivity contribution >= 4 is 11.6 Å². The van der Waals surface area contributed by atoms with E-state index in [9.17, 15) is 0 Å². The van der Waals surface area contributed by atoms with Crippen LogP contribution in [0.5, 0.6) is 0 Å². The topological polar surface area (TPSA) is 24.9 Å². The molecule has 110 valence electrons. The fourth-order valence-electron chi connectivity index (χ4n) is 3.23. The van der Waals surface area contributed by atoms with Crippen LogP contribution < -0.4 is 5.32 Å². The number of fused-ring (bicyclic) bond motifs is 1. The molecule has 1 N–H and O–H groups in total. The molecule has 2 aromatic rings. The van der Waals surface area contributed by atoms with Crippen LogP contribution in [0.1, 0.15) is 48.5 Å². The van der Waals surface area contributed by atoms with Crippen LogP contribution in [0.4, 0.5) is 0 Å². The lowest BCUT2D eigenvalue weighted by Crippen LogP contribution is -2.27. The third kappa shape index (κ3) is 3.12. The van der Waals surface area contributed by atoms with E-state index in [1.807, 2.05) is 24.4 Å².